The second-order valence-electron chi connectivity index (χ2n) is 5.88. The summed E-state index contributed by atoms with van der Waals surface area (Å²) in [6.45, 7) is 14.0. The van der Waals surface area contributed by atoms with Gasteiger partial charge in [-0.2, -0.15) is 0 Å². The lowest BCUT2D eigenvalue weighted by molar-refractivity contribution is 0.386. The molecule has 1 atom stereocenters. The molecule has 0 heterocycles. The molecule has 0 spiro atoms. The van der Waals surface area contributed by atoms with Crippen LogP contribution >= 0.6 is 0 Å². The quantitative estimate of drug-likeness (QED) is 0.713. The molecule has 3 heteroatoms. The topological polar surface area (TPSA) is 22.8 Å². The van der Waals surface area contributed by atoms with Crippen LogP contribution in [0.5, 0.6) is 11.5 Å². The average molecular weight is 309 g/mol. The van der Waals surface area contributed by atoms with E-state index in [1.807, 2.05) is 37.3 Å². The van der Waals surface area contributed by atoms with Gasteiger partial charge in [-0.05, 0) is 30.0 Å². The van der Waals surface area contributed by atoms with Gasteiger partial charge in [0.2, 0.25) is 0 Å². The molecule has 23 heavy (non-hydrogen) atoms. The first-order valence-corrected chi connectivity index (χ1v) is 7.71. The fraction of sp³-hybridized carbons (Fsp3) is 0.350. The molecule has 0 saturated carbocycles. The van der Waals surface area contributed by atoms with E-state index in [-0.39, 0.29) is 6.04 Å². The highest BCUT2D eigenvalue weighted by atomic mass is 16.5. The van der Waals surface area contributed by atoms with Crippen LogP contribution in [0.25, 0.3) is 4.85 Å². The molecule has 3 nitrogen and oxygen atoms in total. The fourth-order valence-corrected chi connectivity index (χ4v) is 2.81. The molecular weight excluding hydrogens is 286 g/mol. The van der Waals surface area contributed by atoms with Gasteiger partial charge in [0.25, 0.3) is 6.04 Å². The summed E-state index contributed by atoms with van der Waals surface area (Å²) >= 11 is 0. The smallest absolute Gasteiger partial charge is 0.277 e. The Labute approximate surface area is 138 Å². The van der Waals surface area contributed by atoms with E-state index >= 15 is 0 Å². The van der Waals surface area contributed by atoms with Crippen molar-refractivity contribution < 1.29 is 9.47 Å². The van der Waals surface area contributed by atoms with Crippen molar-refractivity contribution in [3.05, 3.63) is 70.1 Å². The van der Waals surface area contributed by atoms with Crippen molar-refractivity contribution in [1.82, 2.24) is 0 Å². The lowest BCUT2D eigenvalue weighted by Gasteiger charge is -2.18. The summed E-state index contributed by atoms with van der Waals surface area (Å²) in [5.74, 6) is 1.79. The molecule has 1 unspecified atom stereocenters. The van der Waals surface area contributed by atoms with Gasteiger partial charge in [-0.1, -0.05) is 38.1 Å². The Bertz CT molecular complexity index is 729. The molecule has 0 saturated heterocycles. The molecule has 0 aliphatic rings. The maximum Gasteiger partial charge on any atom is 0.277 e. The highest BCUT2D eigenvalue weighted by Crippen LogP contribution is 2.40. The minimum absolute atomic E-state index is 0.304. The number of nitrogens with zero attached hydrogens (tertiary/aromatic N) is 1. The first-order chi connectivity index (χ1) is 11.0. The van der Waals surface area contributed by atoms with Crippen LogP contribution in [0.2, 0.25) is 0 Å². The molecule has 0 aromatic heterocycles. The van der Waals surface area contributed by atoms with Gasteiger partial charge in [-0.3, -0.25) is 0 Å². The SMILES string of the molecule is [C-]#[N+]C(c1ccccc1C)c1cc(C(C)C)c(OC)cc1OC. The number of ether oxygens (including phenoxy) is 2. The molecule has 2 aromatic carbocycles. The molecule has 0 radical (unpaired) electrons. The van der Waals surface area contributed by atoms with Crippen LogP contribution in [0.15, 0.2) is 36.4 Å². The van der Waals surface area contributed by atoms with Gasteiger partial charge in [0.15, 0.2) is 0 Å². The van der Waals surface area contributed by atoms with E-state index in [1.54, 1.807) is 14.2 Å². The Balaban J connectivity index is 2.67. The second-order valence-corrected chi connectivity index (χ2v) is 5.88. The van der Waals surface area contributed by atoms with Gasteiger partial charge in [-0.15, -0.1) is 0 Å². The number of methoxy groups -OCH3 is 2. The van der Waals surface area contributed by atoms with Gasteiger partial charge >= 0.3 is 0 Å². The van der Waals surface area contributed by atoms with Crippen LogP contribution in [-0.4, -0.2) is 14.2 Å². The van der Waals surface area contributed by atoms with E-state index in [0.29, 0.717) is 11.7 Å². The van der Waals surface area contributed by atoms with Crippen molar-refractivity contribution in [2.75, 3.05) is 14.2 Å². The van der Waals surface area contributed by atoms with Crippen molar-refractivity contribution in [2.45, 2.75) is 32.7 Å². The predicted molar refractivity (Wildman–Crippen MR) is 93.3 cm³/mol. The maximum atomic E-state index is 7.72. The van der Waals surface area contributed by atoms with Crippen LogP contribution in [-0.2, 0) is 0 Å². The minimum atomic E-state index is -0.380. The van der Waals surface area contributed by atoms with Gasteiger partial charge in [-0.25, -0.2) is 6.57 Å². The van der Waals surface area contributed by atoms with Crippen LogP contribution in [0, 0.1) is 13.5 Å². The Kier molecular flexibility index (Phi) is 5.28. The van der Waals surface area contributed by atoms with Crippen molar-refractivity contribution in [3.8, 4) is 11.5 Å². The fourth-order valence-electron chi connectivity index (χ4n) is 2.81. The number of hydrogen-bond donors (Lipinski definition) is 0. The van der Waals surface area contributed by atoms with E-state index in [2.05, 4.69) is 24.8 Å². The molecule has 0 aliphatic heterocycles. The number of aryl methyl sites for hydroxylation is 1. The van der Waals surface area contributed by atoms with E-state index < -0.39 is 0 Å². The van der Waals surface area contributed by atoms with Crippen molar-refractivity contribution in [3.63, 3.8) is 0 Å². The zero-order valence-electron chi connectivity index (χ0n) is 14.4. The zero-order chi connectivity index (χ0) is 17.0. The normalized spacial score (nSPS) is 11.9. The van der Waals surface area contributed by atoms with Crippen molar-refractivity contribution >= 4 is 0 Å². The molecular formula is C20H23NO2. The maximum absolute atomic E-state index is 7.72. The van der Waals surface area contributed by atoms with Gasteiger partial charge in [0, 0.05) is 11.6 Å². The summed E-state index contributed by atoms with van der Waals surface area (Å²) in [4.78, 5) is 3.88. The third kappa shape index (κ3) is 3.32. The lowest BCUT2D eigenvalue weighted by atomic mass is 9.91. The predicted octanol–water partition coefficient (Wildman–Crippen LogP) is 5.14. The third-order valence-corrected chi connectivity index (χ3v) is 4.11. The summed E-state index contributed by atoms with van der Waals surface area (Å²) in [5.41, 5.74) is 4.10. The van der Waals surface area contributed by atoms with E-state index in [1.165, 1.54) is 0 Å². The highest BCUT2D eigenvalue weighted by Gasteiger charge is 2.27. The summed E-state index contributed by atoms with van der Waals surface area (Å²) < 4.78 is 11.0. The Morgan fingerprint density at radius 3 is 2.04 bits per heavy atom. The van der Waals surface area contributed by atoms with Crippen LogP contribution < -0.4 is 9.47 Å². The standard InChI is InChI=1S/C20H23NO2/c1-13(2)16-11-17(19(23-6)12-18(16)22-5)20(21-4)15-10-8-7-9-14(15)3/h7-13,20H,1-3,5-6H3. The summed E-state index contributed by atoms with van der Waals surface area (Å²) in [6, 6.07) is 11.6. The largest absolute Gasteiger partial charge is 0.496 e. The summed E-state index contributed by atoms with van der Waals surface area (Å²) in [5, 5.41) is 0. The van der Waals surface area contributed by atoms with E-state index in [0.717, 1.165) is 28.0 Å². The summed E-state index contributed by atoms with van der Waals surface area (Å²) in [7, 11) is 3.29. The van der Waals surface area contributed by atoms with Gasteiger partial charge in [0.1, 0.15) is 11.5 Å². The first-order valence-electron chi connectivity index (χ1n) is 7.71. The van der Waals surface area contributed by atoms with E-state index in [9.17, 15) is 0 Å². The molecule has 0 bridgehead atoms. The van der Waals surface area contributed by atoms with Crippen molar-refractivity contribution in [2.24, 2.45) is 0 Å². The van der Waals surface area contributed by atoms with Crippen LogP contribution in [0.4, 0.5) is 0 Å². The zero-order valence-corrected chi connectivity index (χ0v) is 14.4. The average Bonchev–Trinajstić information content (AvgIpc) is 2.56. The lowest BCUT2D eigenvalue weighted by Crippen LogP contribution is -2.05. The first kappa shape index (κ1) is 16.9. The molecule has 2 rings (SSSR count). The van der Waals surface area contributed by atoms with E-state index in [4.69, 9.17) is 16.0 Å². The van der Waals surface area contributed by atoms with Gasteiger partial charge < -0.3 is 14.3 Å². The molecule has 0 N–H and O–H groups in total. The van der Waals surface area contributed by atoms with Gasteiger partial charge in [0.05, 0.1) is 19.8 Å². The number of rotatable bonds is 5. The number of hydrogen-bond acceptors (Lipinski definition) is 2. The number of benzene rings is 2. The van der Waals surface area contributed by atoms with Crippen LogP contribution in [0.1, 0.15) is 48.1 Å². The Morgan fingerprint density at radius 2 is 1.52 bits per heavy atom. The second kappa shape index (κ2) is 7.19. The Morgan fingerprint density at radius 1 is 0.913 bits per heavy atom. The highest BCUT2D eigenvalue weighted by molar-refractivity contribution is 5.53. The van der Waals surface area contributed by atoms with Crippen molar-refractivity contribution in [1.29, 1.82) is 0 Å². The van der Waals surface area contributed by atoms with Crippen LogP contribution in [0.3, 0.4) is 0 Å². The molecule has 0 fully saturated rings. The Hall–Kier alpha value is -2.47. The third-order valence-electron chi connectivity index (χ3n) is 4.11. The summed E-state index contributed by atoms with van der Waals surface area (Å²) in [6.07, 6.45) is 0. The molecule has 2 aromatic rings. The molecule has 0 aliphatic carbocycles. The minimum Gasteiger partial charge on any atom is -0.496 e. The molecule has 0 amide bonds. The molecule has 120 valence electrons. The monoisotopic (exact) mass is 309 g/mol.